The molecule has 1 amide bonds. The molecule has 0 saturated carbocycles. The molecule has 1 atom stereocenters. The number of carbonyl (C=O) groups excluding carboxylic acids is 1. The third-order valence-electron chi connectivity index (χ3n) is 4.15. The summed E-state index contributed by atoms with van der Waals surface area (Å²) in [5, 5.41) is 0. The number of rotatable bonds is 3. The van der Waals surface area contributed by atoms with Crippen LogP contribution in [0.5, 0.6) is 0 Å². The minimum absolute atomic E-state index is 0.124. The number of amides is 1. The summed E-state index contributed by atoms with van der Waals surface area (Å²) < 4.78 is -0.124. The van der Waals surface area contributed by atoms with Gasteiger partial charge in [-0.3, -0.25) is 4.79 Å². The second kappa shape index (κ2) is 5.61. The Kier molecular flexibility index (Phi) is 4.36. The van der Waals surface area contributed by atoms with Gasteiger partial charge in [-0.25, -0.2) is 0 Å². The van der Waals surface area contributed by atoms with E-state index >= 15 is 0 Å². The molecule has 2 aliphatic heterocycles. The van der Waals surface area contributed by atoms with Gasteiger partial charge in [0.2, 0.25) is 5.91 Å². The van der Waals surface area contributed by atoms with Crippen LogP contribution in [0.3, 0.4) is 0 Å². The molecule has 0 aromatic carbocycles. The van der Waals surface area contributed by atoms with E-state index < -0.39 is 0 Å². The summed E-state index contributed by atoms with van der Waals surface area (Å²) in [6.45, 7) is 4.80. The molecule has 2 N–H and O–H groups in total. The van der Waals surface area contributed by atoms with Crippen LogP contribution < -0.4 is 5.73 Å². The Morgan fingerprint density at radius 3 is 2.71 bits per heavy atom. The van der Waals surface area contributed by atoms with E-state index in [2.05, 4.69) is 11.8 Å². The highest BCUT2D eigenvalue weighted by Crippen LogP contribution is 2.39. The summed E-state index contributed by atoms with van der Waals surface area (Å²) >= 11 is 1.85. The van der Waals surface area contributed by atoms with Gasteiger partial charge in [0.15, 0.2) is 0 Å². The SMILES string of the molecule is CC1(C(=O)N2CCC(CCN)CC2)CCCS1. The third-order valence-corrected chi connectivity index (χ3v) is 5.66. The largest absolute Gasteiger partial charge is 0.341 e. The van der Waals surface area contributed by atoms with E-state index in [1.807, 2.05) is 11.8 Å². The van der Waals surface area contributed by atoms with E-state index in [1.165, 1.54) is 6.42 Å². The van der Waals surface area contributed by atoms with E-state index in [4.69, 9.17) is 5.73 Å². The highest BCUT2D eigenvalue weighted by atomic mass is 32.2. The monoisotopic (exact) mass is 256 g/mol. The first kappa shape index (κ1) is 13.2. The van der Waals surface area contributed by atoms with Gasteiger partial charge in [-0.1, -0.05) is 0 Å². The Balaban J connectivity index is 1.86. The molecule has 2 aliphatic rings. The van der Waals surface area contributed by atoms with E-state index in [-0.39, 0.29) is 4.75 Å². The average molecular weight is 256 g/mol. The van der Waals surface area contributed by atoms with Crippen LogP contribution >= 0.6 is 11.8 Å². The Morgan fingerprint density at radius 1 is 1.47 bits per heavy atom. The number of thioether (sulfide) groups is 1. The van der Waals surface area contributed by atoms with Crippen molar-refractivity contribution >= 4 is 17.7 Å². The maximum Gasteiger partial charge on any atom is 0.238 e. The van der Waals surface area contributed by atoms with Crippen molar-refractivity contribution in [2.75, 3.05) is 25.4 Å². The van der Waals surface area contributed by atoms with E-state index in [9.17, 15) is 4.79 Å². The fourth-order valence-electron chi connectivity index (χ4n) is 2.94. The number of likely N-dealkylation sites (tertiary alicyclic amines) is 1. The van der Waals surface area contributed by atoms with Crippen LogP contribution in [-0.2, 0) is 4.79 Å². The molecule has 0 aromatic rings. The number of carbonyl (C=O) groups is 1. The third kappa shape index (κ3) is 2.97. The fourth-order valence-corrected chi connectivity index (χ4v) is 4.22. The lowest BCUT2D eigenvalue weighted by molar-refractivity contribution is -0.134. The Bertz CT molecular complexity index is 269. The number of piperidine rings is 1. The van der Waals surface area contributed by atoms with Crippen molar-refractivity contribution < 1.29 is 4.79 Å². The summed E-state index contributed by atoms with van der Waals surface area (Å²) in [6, 6.07) is 0. The van der Waals surface area contributed by atoms with Gasteiger partial charge in [0, 0.05) is 13.1 Å². The lowest BCUT2D eigenvalue weighted by Gasteiger charge is -2.36. The molecule has 1 unspecified atom stereocenters. The molecular weight excluding hydrogens is 232 g/mol. The average Bonchev–Trinajstić information content (AvgIpc) is 2.78. The van der Waals surface area contributed by atoms with Gasteiger partial charge in [-0.15, -0.1) is 11.8 Å². The van der Waals surface area contributed by atoms with Crippen molar-refractivity contribution in [3.05, 3.63) is 0 Å². The first-order chi connectivity index (χ1) is 8.15. The van der Waals surface area contributed by atoms with Crippen LogP contribution in [0, 0.1) is 5.92 Å². The molecule has 0 bridgehead atoms. The zero-order valence-corrected chi connectivity index (χ0v) is 11.6. The predicted octanol–water partition coefficient (Wildman–Crippen LogP) is 1.86. The summed E-state index contributed by atoms with van der Waals surface area (Å²) in [4.78, 5) is 14.6. The first-order valence-corrected chi connectivity index (χ1v) is 7.78. The summed E-state index contributed by atoms with van der Waals surface area (Å²) in [6.07, 6.45) is 5.65. The summed E-state index contributed by atoms with van der Waals surface area (Å²) in [5.74, 6) is 2.27. The Labute approximate surface area is 108 Å². The zero-order chi connectivity index (χ0) is 12.3. The molecule has 2 heterocycles. The standard InChI is InChI=1S/C13H24N2OS/c1-13(6-2-10-17-13)12(16)15-8-4-11(3-7-14)5-9-15/h11H,2-10,14H2,1H3. The summed E-state index contributed by atoms with van der Waals surface area (Å²) in [7, 11) is 0. The van der Waals surface area contributed by atoms with Gasteiger partial charge in [-0.2, -0.15) is 0 Å². The van der Waals surface area contributed by atoms with E-state index in [1.54, 1.807) is 0 Å². The Morgan fingerprint density at radius 2 is 2.18 bits per heavy atom. The molecule has 3 nitrogen and oxygen atoms in total. The number of nitrogens with zero attached hydrogens (tertiary/aromatic N) is 1. The first-order valence-electron chi connectivity index (χ1n) is 6.79. The van der Waals surface area contributed by atoms with Crippen LogP contribution in [0.1, 0.15) is 39.0 Å². The number of nitrogens with two attached hydrogens (primary N) is 1. The lowest BCUT2D eigenvalue weighted by atomic mass is 9.92. The van der Waals surface area contributed by atoms with Gasteiger partial charge in [0.05, 0.1) is 4.75 Å². The molecular formula is C13H24N2OS. The topological polar surface area (TPSA) is 46.3 Å². The van der Waals surface area contributed by atoms with Gasteiger partial charge in [-0.05, 0) is 57.2 Å². The molecule has 2 fully saturated rings. The van der Waals surface area contributed by atoms with Crippen molar-refractivity contribution in [2.45, 2.75) is 43.8 Å². The minimum atomic E-state index is -0.124. The lowest BCUT2D eigenvalue weighted by Crippen LogP contribution is -2.47. The smallest absolute Gasteiger partial charge is 0.238 e. The van der Waals surface area contributed by atoms with Gasteiger partial charge >= 0.3 is 0 Å². The van der Waals surface area contributed by atoms with Crippen LogP contribution in [0.25, 0.3) is 0 Å². The fraction of sp³-hybridized carbons (Fsp3) is 0.923. The van der Waals surface area contributed by atoms with Gasteiger partial charge < -0.3 is 10.6 Å². The van der Waals surface area contributed by atoms with Gasteiger partial charge in [0.25, 0.3) is 0 Å². The molecule has 98 valence electrons. The Hall–Kier alpha value is -0.220. The highest BCUT2D eigenvalue weighted by Gasteiger charge is 2.40. The molecule has 0 aromatic heterocycles. The highest BCUT2D eigenvalue weighted by molar-refractivity contribution is 8.01. The van der Waals surface area contributed by atoms with E-state index in [0.717, 1.165) is 57.0 Å². The van der Waals surface area contributed by atoms with Crippen LogP contribution in [-0.4, -0.2) is 40.9 Å². The van der Waals surface area contributed by atoms with Gasteiger partial charge in [0.1, 0.15) is 0 Å². The number of hydrogen-bond donors (Lipinski definition) is 1. The minimum Gasteiger partial charge on any atom is -0.341 e. The van der Waals surface area contributed by atoms with Crippen molar-refractivity contribution in [1.82, 2.24) is 4.90 Å². The van der Waals surface area contributed by atoms with Crippen LogP contribution in [0.4, 0.5) is 0 Å². The molecule has 2 rings (SSSR count). The second-order valence-electron chi connectivity index (χ2n) is 5.50. The maximum atomic E-state index is 12.5. The van der Waals surface area contributed by atoms with Crippen molar-refractivity contribution in [2.24, 2.45) is 11.7 Å². The molecule has 0 radical (unpaired) electrons. The zero-order valence-electron chi connectivity index (χ0n) is 10.8. The normalized spacial score (nSPS) is 30.8. The maximum absolute atomic E-state index is 12.5. The van der Waals surface area contributed by atoms with Crippen LogP contribution in [0.2, 0.25) is 0 Å². The van der Waals surface area contributed by atoms with Crippen molar-refractivity contribution in [3.63, 3.8) is 0 Å². The summed E-state index contributed by atoms with van der Waals surface area (Å²) in [5.41, 5.74) is 5.59. The molecule has 0 spiro atoms. The van der Waals surface area contributed by atoms with E-state index in [0.29, 0.717) is 5.91 Å². The predicted molar refractivity (Wildman–Crippen MR) is 73.1 cm³/mol. The molecule has 0 aliphatic carbocycles. The number of hydrogen-bond acceptors (Lipinski definition) is 3. The second-order valence-corrected chi connectivity index (χ2v) is 7.09. The quantitative estimate of drug-likeness (QED) is 0.838. The molecule has 4 heteroatoms. The molecule has 2 saturated heterocycles. The van der Waals surface area contributed by atoms with Crippen LogP contribution in [0.15, 0.2) is 0 Å². The van der Waals surface area contributed by atoms with Crippen molar-refractivity contribution in [1.29, 1.82) is 0 Å². The molecule has 17 heavy (non-hydrogen) atoms. The van der Waals surface area contributed by atoms with Crippen molar-refractivity contribution in [3.8, 4) is 0 Å².